The molecular formula is C9H17N. The molecule has 1 fully saturated rings. The molecule has 0 aliphatic carbocycles. The van der Waals surface area contributed by atoms with Gasteiger partial charge >= 0.3 is 0 Å². The summed E-state index contributed by atoms with van der Waals surface area (Å²) in [6.45, 7) is 4.61. The van der Waals surface area contributed by atoms with Crippen molar-refractivity contribution in [3.63, 3.8) is 0 Å². The molecule has 1 N–H and O–H groups in total. The largest absolute Gasteiger partial charge is 0.316 e. The maximum Gasteiger partial charge on any atom is -0.00116 e. The SMILES string of the molecule is CC/C=C1\CCCNCC1. The molecule has 1 heteroatoms. The van der Waals surface area contributed by atoms with Crippen molar-refractivity contribution >= 4 is 0 Å². The molecule has 1 nitrogen and oxygen atoms in total. The minimum atomic E-state index is 1.19. The molecule has 58 valence electrons. The summed E-state index contributed by atoms with van der Waals surface area (Å²) in [4.78, 5) is 0. The third-order valence-electron chi connectivity index (χ3n) is 1.97. The maximum absolute atomic E-state index is 3.39. The molecule has 1 heterocycles. The van der Waals surface area contributed by atoms with E-state index in [9.17, 15) is 0 Å². The molecule has 10 heavy (non-hydrogen) atoms. The Morgan fingerprint density at radius 1 is 1.40 bits per heavy atom. The molecule has 0 atom stereocenters. The molecule has 0 radical (unpaired) electrons. The molecule has 0 amide bonds. The van der Waals surface area contributed by atoms with E-state index in [1.165, 1.54) is 38.8 Å². The van der Waals surface area contributed by atoms with E-state index < -0.39 is 0 Å². The van der Waals surface area contributed by atoms with Crippen LogP contribution in [0.15, 0.2) is 11.6 Å². The second-order valence-corrected chi connectivity index (χ2v) is 2.87. The Morgan fingerprint density at radius 3 is 3.10 bits per heavy atom. The zero-order valence-corrected chi connectivity index (χ0v) is 6.82. The molecule has 0 aromatic carbocycles. The van der Waals surface area contributed by atoms with E-state index in [1.54, 1.807) is 5.57 Å². The van der Waals surface area contributed by atoms with Crippen molar-refractivity contribution in [1.82, 2.24) is 5.32 Å². The van der Waals surface area contributed by atoms with E-state index >= 15 is 0 Å². The first-order chi connectivity index (χ1) is 4.93. The Bertz CT molecular complexity index is 106. The average Bonchev–Trinajstić information content (AvgIpc) is 2.17. The summed E-state index contributed by atoms with van der Waals surface area (Å²) in [6, 6.07) is 0. The van der Waals surface area contributed by atoms with Gasteiger partial charge in [-0.1, -0.05) is 18.6 Å². The highest BCUT2D eigenvalue weighted by atomic mass is 14.8. The van der Waals surface area contributed by atoms with Crippen LogP contribution in [0.4, 0.5) is 0 Å². The third kappa shape index (κ3) is 2.53. The first kappa shape index (κ1) is 7.80. The second-order valence-electron chi connectivity index (χ2n) is 2.87. The Hall–Kier alpha value is -0.300. The van der Waals surface area contributed by atoms with E-state index in [0.29, 0.717) is 0 Å². The highest BCUT2D eigenvalue weighted by molar-refractivity contribution is 5.03. The molecule has 0 bridgehead atoms. The number of hydrogen-bond donors (Lipinski definition) is 1. The standard InChI is InChI=1S/C9H17N/c1-2-4-9-5-3-7-10-8-6-9/h4,10H,2-3,5-8H2,1H3/b9-4+. The van der Waals surface area contributed by atoms with Crippen LogP contribution in [-0.2, 0) is 0 Å². The minimum absolute atomic E-state index is 1.19. The average molecular weight is 139 g/mol. The van der Waals surface area contributed by atoms with Gasteiger partial charge in [-0.2, -0.15) is 0 Å². The molecule has 1 rings (SSSR count). The summed E-state index contributed by atoms with van der Waals surface area (Å²) in [7, 11) is 0. The second kappa shape index (κ2) is 4.51. The highest BCUT2D eigenvalue weighted by Crippen LogP contribution is 2.12. The van der Waals surface area contributed by atoms with E-state index in [-0.39, 0.29) is 0 Å². The van der Waals surface area contributed by atoms with Gasteiger partial charge in [-0.25, -0.2) is 0 Å². The monoisotopic (exact) mass is 139 g/mol. The molecule has 1 saturated heterocycles. The molecule has 0 aromatic heterocycles. The molecule has 0 spiro atoms. The molecule has 1 aliphatic rings. The lowest BCUT2D eigenvalue weighted by molar-refractivity contribution is 0.703. The number of nitrogens with one attached hydrogen (secondary N) is 1. The van der Waals surface area contributed by atoms with Gasteiger partial charge in [0.05, 0.1) is 0 Å². The Balaban J connectivity index is 2.35. The van der Waals surface area contributed by atoms with Gasteiger partial charge in [0.1, 0.15) is 0 Å². The quantitative estimate of drug-likeness (QED) is 0.548. The van der Waals surface area contributed by atoms with Crippen LogP contribution < -0.4 is 5.32 Å². The maximum atomic E-state index is 3.39. The summed E-state index contributed by atoms with van der Waals surface area (Å²) in [5, 5.41) is 3.39. The lowest BCUT2D eigenvalue weighted by Gasteiger charge is -1.99. The van der Waals surface area contributed by atoms with Crippen molar-refractivity contribution < 1.29 is 0 Å². The van der Waals surface area contributed by atoms with Gasteiger partial charge in [0.15, 0.2) is 0 Å². The summed E-state index contributed by atoms with van der Waals surface area (Å²) >= 11 is 0. The van der Waals surface area contributed by atoms with Crippen molar-refractivity contribution in [3.05, 3.63) is 11.6 Å². The molecule has 0 saturated carbocycles. The van der Waals surface area contributed by atoms with Crippen LogP contribution in [0.3, 0.4) is 0 Å². The highest BCUT2D eigenvalue weighted by Gasteiger charge is 2.01. The lowest BCUT2D eigenvalue weighted by Crippen LogP contribution is -2.13. The third-order valence-corrected chi connectivity index (χ3v) is 1.97. The number of allylic oxidation sites excluding steroid dienone is 1. The van der Waals surface area contributed by atoms with E-state index in [4.69, 9.17) is 0 Å². The minimum Gasteiger partial charge on any atom is -0.316 e. The predicted octanol–water partition coefficient (Wildman–Crippen LogP) is 2.10. The molecule has 1 aliphatic heterocycles. The van der Waals surface area contributed by atoms with Crippen LogP contribution in [0.1, 0.15) is 32.6 Å². The fourth-order valence-electron chi connectivity index (χ4n) is 1.43. The van der Waals surface area contributed by atoms with E-state index in [2.05, 4.69) is 18.3 Å². The lowest BCUT2D eigenvalue weighted by atomic mass is 10.1. The summed E-state index contributed by atoms with van der Waals surface area (Å²) in [5.41, 5.74) is 1.66. The molecule has 0 unspecified atom stereocenters. The van der Waals surface area contributed by atoms with Crippen molar-refractivity contribution in [2.75, 3.05) is 13.1 Å². The summed E-state index contributed by atoms with van der Waals surface area (Å²) < 4.78 is 0. The van der Waals surface area contributed by atoms with Crippen LogP contribution in [-0.4, -0.2) is 13.1 Å². The van der Waals surface area contributed by atoms with Crippen LogP contribution >= 0.6 is 0 Å². The smallest absolute Gasteiger partial charge is 0.00116 e. The first-order valence-corrected chi connectivity index (χ1v) is 4.32. The number of hydrogen-bond acceptors (Lipinski definition) is 1. The predicted molar refractivity (Wildman–Crippen MR) is 45.1 cm³/mol. The Morgan fingerprint density at radius 2 is 2.30 bits per heavy atom. The fraction of sp³-hybridized carbons (Fsp3) is 0.778. The van der Waals surface area contributed by atoms with Crippen LogP contribution in [0.5, 0.6) is 0 Å². The van der Waals surface area contributed by atoms with Gasteiger partial charge in [-0.15, -0.1) is 0 Å². The van der Waals surface area contributed by atoms with Crippen molar-refractivity contribution in [2.24, 2.45) is 0 Å². The zero-order chi connectivity index (χ0) is 7.23. The van der Waals surface area contributed by atoms with E-state index in [1.807, 2.05) is 0 Å². The normalized spacial score (nSPS) is 24.7. The van der Waals surface area contributed by atoms with Gasteiger partial charge in [-0.3, -0.25) is 0 Å². The first-order valence-electron chi connectivity index (χ1n) is 4.32. The van der Waals surface area contributed by atoms with Crippen molar-refractivity contribution in [2.45, 2.75) is 32.6 Å². The van der Waals surface area contributed by atoms with Crippen molar-refractivity contribution in [3.8, 4) is 0 Å². The van der Waals surface area contributed by atoms with Gasteiger partial charge in [0.2, 0.25) is 0 Å². The topological polar surface area (TPSA) is 12.0 Å². The van der Waals surface area contributed by atoms with Gasteiger partial charge in [-0.05, 0) is 38.8 Å². The van der Waals surface area contributed by atoms with Crippen LogP contribution in [0.25, 0.3) is 0 Å². The van der Waals surface area contributed by atoms with E-state index in [0.717, 1.165) is 0 Å². The van der Waals surface area contributed by atoms with Gasteiger partial charge < -0.3 is 5.32 Å². The van der Waals surface area contributed by atoms with Crippen LogP contribution in [0.2, 0.25) is 0 Å². The van der Waals surface area contributed by atoms with Crippen LogP contribution in [0, 0.1) is 0 Å². The molecule has 0 aromatic rings. The summed E-state index contributed by atoms with van der Waals surface area (Å²) in [5.74, 6) is 0. The summed E-state index contributed by atoms with van der Waals surface area (Å²) in [6.07, 6.45) is 7.50. The van der Waals surface area contributed by atoms with Gasteiger partial charge in [0, 0.05) is 0 Å². The molecular weight excluding hydrogens is 122 g/mol. The van der Waals surface area contributed by atoms with Gasteiger partial charge in [0.25, 0.3) is 0 Å². The Kier molecular flexibility index (Phi) is 3.52. The zero-order valence-electron chi connectivity index (χ0n) is 6.82. The van der Waals surface area contributed by atoms with Crippen molar-refractivity contribution in [1.29, 1.82) is 0 Å². The fourth-order valence-corrected chi connectivity index (χ4v) is 1.43. The number of rotatable bonds is 1. The Labute approximate surface area is 63.5 Å².